The van der Waals surface area contributed by atoms with E-state index in [0.29, 0.717) is 41.1 Å². The van der Waals surface area contributed by atoms with Gasteiger partial charge in [-0.05, 0) is 47.1 Å². The van der Waals surface area contributed by atoms with Crippen LogP contribution in [-0.2, 0) is 6.42 Å². The van der Waals surface area contributed by atoms with Crippen molar-refractivity contribution in [3.8, 4) is 11.5 Å². The Balaban J connectivity index is 1.67. The number of pyridine rings is 1. The maximum Gasteiger partial charge on any atom is 0.251 e. The van der Waals surface area contributed by atoms with Crippen LogP contribution < -0.4 is 14.8 Å². The van der Waals surface area contributed by atoms with Crippen LogP contribution in [0.15, 0.2) is 41.0 Å². The van der Waals surface area contributed by atoms with Crippen LogP contribution in [-0.4, -0.2) is 40.8 Å². The van der Waals surface area contributed by atoms with Crippen molar-refractivity contribution < 1.29 is 14.3 Å². The Morgan fingerprint density at radius 2 is 2.15 bits per heavy atom. The van der Waals surface area contributed by atoms with Gasteiger partial charge in [0.15, 0.2) is 17.1 Å². The van der Waals surface area contributed by atoms with Crippen LogP contribution in [0.5, 0.6) is 11.5 Å². The average Bonchev–Trinajstić information content (AvgIpc) is 3.06. The number of benzene rings is 1. The van der Waals surface area contributed by atoms with Gasteiger partial charge >= 0.3 is 0 Å². The van der Waals surface area contributed by atoms with Gasteiger partial charge in [0.25, 0.3) is 5.91 Å². The van der Waals surface area contributed by atoms with Crippen molar-refractivity contribution in [3.05, 3.63) is 52.4 Å². The Hall–Kier alpha value is -2.61. The molecule has 0 spiro atoms. The van der Waals surface area contributed by atoms with E-state index in [1.165, 1.54) is 0 Å². The Bertz CT molecular complexity index is 926. The first-order valence-corrected chi connectivity index (χ1v) is 9.00. The van der Waals surface area contributed by atoms with E-state index in [0.717, 1.165) is 11.5 Å². The lowest BCUT2D eigenvalue weighted by Crippen LogP contribution is -2.26. The summed E-state index contributed by atoms with van der Waals surface area (Å²) in [6, 6.07) is 9.10. The number of fused-ring (bicyclic) bond motifs is 1. The summed E-state index contributed by atoms with van der Waals surface area (Å²) in [5.41, 5.74) is 1.28. The third-order valence-electron chi connectivity index (χ3n) is 3.80. The molecule has 3 rings (SSSR count). The zero-order valence-electron chi connectivity index (χ0n) is 14.5. The number of methoxy groups -OCH3 is 1. The summed E-state index contributed by atoms with van der Waals surface area (Å²) in [5.74, 6) is 1.70. The molecule has 2 heterocycles. The molecule has 136 valence electrons. The molecule has 0 unspecified atom stereocenters. The second-order valence-electron chi connectivity index (χ2n) is 5.47. The number of hydrogen-bond acceptors (Lipinski definition) is 5. The van der Waals surface area contributed by atoms with Crippen LogP contribution in [0.25, 0.3) is 5.65 Å². The highest BCUT2D eigenvalue weighted by Crippen LogP contribution is 2.36. The maximum atomic E-state index is 12.5. The molecule has 0 radical (unpaired) electrons. The first-order valence-electron chi connectivity index (χ1n) is 8.21. The molecule has 1 amide bonds. The third kappa shape index (κ3) is 3.80. The summed E-state index contributed by atoms with van der Waals surface area (Å²) in [6.07, 6.45) is 2.48. The molecule has 3 aromatic rings. The van der Waals surface area contributed by atoms with E-state index in [4.69, 9.17) is 9.47 Å². The van der Waals surface area contributed by atoms with Gasteiger partial charge in [-0.3, -0.25) is 9.20 Å². The van der Waals surface area contributed by atoms with Gasteiger partial charge in [-0.25, -0.2) is 0 Å². The number of rotatable bonds is 7. The van der Waals surface area contributed by atoms with E-state index in [1.54, 1.807) is 19.2 Å². The number of halogens is 1. The molecule has 1 aromatic carbocycles. The maximum absolute atomic E-state index is 12.5. The predicted molar refractivity (Wildman–Crippen MR) is 101 cm³/mol. The number of hydrogen-bond donors (Lipinski definition) is 1. The van der Waals surface area contributed by atoms with Crippen LogP contribution in [0.2, 0.25) is 0 Å². The van der Waals surface area contributed by atoms with E-state index in [-0.39, 0.29) is 5.91 Å². The van der Waals surface area contributed by atoms with E-state index in [2.05, 4.69) is 31.4 Å². The Labute approximate surface area is 159 Å². The van der Waals surface area contributed by atoms with Gasteiger partial charge in [0, 0.05) is 24.7 Å². The monoisotopic (exact) mass is 418 g/mol. The van der Waals surface area contributed by atoms with Crippen molar-refractivity contribution in [2.75, 3.05) is 20.3 Å². The van der Waals surface area contributed by atoms with Crippen molar-refractivity contribution in [3.63, 3.8) is 0 Å². The van der Waals surface area contributed by atoms with Crippen molar-refractivity contribution in [2.45, 2.75) is 13.3 Å². The van der Waals surface area contributed by atoms with Crippen molar-refractivity contribution >= 4 is 27.5 Å². The minimum Gasteiger partial charge on any atom is -0.493 e. The summed E-state index contributed by atoms with van der Waals surface area (Å²) >= 11 is 3.43. The molecule has 26 heavy (non-hydrogen) atoms. The lowest BCUT2D eigenvalue weighted by Gasteiger charge is -2.13. The third-order valence-corrected chi connectivity index (χ3v) is 4.39. The Morgan fingerprint density at radius 3 is 2.92 bits per heavy atom. The highest BCUT2D eigenvalue weighted by molar-refractivity contribution is 9.10. The van der Waals surface area contributed by atoms with Crippen LogP contribution in [0, 0.1) is 0 Å². The molecule has 0 aliphatic heterocycles. The molecule has 0 saturated carbocycles. The molecule has 0 atom stereocenters. The first kappa shape index (κ1) is 18.2. The highest BCUT2D eigenvalue weighted by Gasteiger charge is 2.15. The number of nitrogens with zero attached hydrogens (tertiary/aromatic N) is 3. The van der Waals surface area contributed by atoms with Crippen molar-refractivity contribution in [2.24, 2.45) is 0 Å². The molecular weight excluding hydrogens is 400 g/mol. The SMILES string of the molecule is CCOc1c(Br)cc(C(=O)NCCc2nnc3ccccn23)cc1OC. The molecule has 0 saturated heterocycles. The normalized spacial score (nSPS) is 10.7. The van der Waals surface area contributed by atoms with Crippen LogP contribution in [0.1, 0.15) is 23.1 Å². The lowest BCUT2D eigenvalue weighted by atomic mass is 10.2. The standard InChI is InChI=1S/C18H19BrN4O3/c1-3-26-17-13(19)10-12(11-14(17)25-2)18(24)20-8-7-16-22-21-15-6-4-5-9-23(15)16/h4-6,9-11H,3,7-8H2,1-2H3,(H,20,24). The van der Waals surface area contributed by atoms with Crippen LogP contribution >= 0.6 is 15.9 Å². The minimum atomic E-state index is -0.194. The Kier molecular flexibility index (Phi) is 5.72. The minimum absolute atomic E-state index is 0.194. The van der Waals surface area contributed by atoms with Crippen LogP contribution in [0.4, 0.5) is 0 Å². The smallest absolute Gasteiger partial charge is 0.251 e. The summed E-state index contributed by atoms with van der Waals surface area (Å²) in [7, 11) is 1.54. The summed E-state index contributed by atoms with van der Waals surface area (Å²) in [6.45, 7) is 2.84. The zero-order valence-corrected chi connectivity index (χ0v) is 16.1. The van der Waals surface area contributed by atoms with Crippen LogP contribution in [0.3, 0.4) is 0 Å². The molecule has 1 N–H and O–H groups in total. The molecule has 7 nitrogen and oxygen atoms in total. The van der Waals surface area contributed by atoms with Gasteiger partial charge < -0.3 is 14.8 Å². The topological polar surface area (TPSA) is 77.8 Å². The van der Waals surface area contributed by atoms with Crippen molar-refractivity contribution in [1.82, 2.24) is 19.9 Å². The fraction of sp³-hybridized carbons (Fsp3) is 0.278. The lowest BCUT2D eigenvalue weighted by molar-refractivity contribution is 0.0953. The second kappa shape index (κ2) is 8.18. The fourth-order valence-corrected chi connectivity index (χ4v) is 3.14. The van der Waals surface area contributed by atoms with Gasteiger partial charge in [-0.2, -0.15) is 0 Å². The van der Waals surface area contributed by atoms with E-state index in [9.17, 15) is 4.79 Å². The molecule has 0 fully saturated rings. The van der Waals surface area contributed by atoms with Gasteiger partial charge in [-0.1, -0.05) is 6.07 Å². The first-order chi connectivity index (χ1) is 12.6. The number of carbonyl (C=O) groups excluding carboxylic acids is 1. The zero-order chi connectivity index (χ0) is 18.5. The number of amides is 1. The molecule has 8 heteroatoms. The number of nitrogens with one attached hydrogen (secondary N) is 1. The second-order valence-corrected chi connectivity index (χ2v) is 6.33. The van der Waals surface area contributed by atoms with Gasteiger partial charge in [0.2, 0.25) is 0 Å². The molecule has 0 aliphatic rings. The number of ether oxygens (including phenoxy) is 2. The fourth-order valence-electron chi connectivity index (χ4n) is 2.59. The van der Waals surface area contributed by atoms with Gasteiger partial charge in [0.1, 0.15) is 5.82 Å². The predicted octanol–water partition coefficient (Wildman–Crippen LogP) is 2.87. The quantitative estimate of drug-likeness (QED) is 0.638. The molecule has 2 aromatic heterocycles. The number of aromatic nitrogens is 3. The van der Waals surface area contributed by atoms with E-state index in [1.807, 2.05) is 35.7 Å². The van der Waals surface area contributed by atoms with E-state index < -0.39 is 0 Å². The van der Waals surface area contributed by atoms with E-state index >= 15 is 0 Å². The summed E-state index contributed by atoms with van der Waals surface area (Å²) in [5, 5.41) is 11.2. The van der Waals surface area contributed by atoms with Gasteiger partial charge in [0.05, 0.1) is 18.2 Å². The average molecular weight is 419 g/mol. The molecule has 0 aliphatic carbocycles. The molecular formula is C18H19BrN4O3. The summed E-state index contributed by atoms with van der Waals surface area (Å²) < 4.78 is 13.4. The van der Waals surface area contributed by atoms with Crippen molar-refractivity contribution in [1.29, 1.82) is 0 Å². The Morgan fingerprint density at radius 1 is 1.31 bits per heavy atom. The largest absolute Gasteiger partial charge is 0.493 e. The van der Waals surface area contributed by atoms with Gasteiger partial charge in [-0.15, -0.1) is 10.2 Å². The molecule has 0 bridgehead atoms. The summed E-state index contributed by atoms with van der Waals surface area (Å²) in [4.78, 5) is 12.5. The number of carbonyl (C=O) groups is 1. The highest BCUT2D eigenvalue weighted by atomic mass is 79.9.